The number of phenolic OH excluding ortho intramolecular Hbond substituents is 1. The van der Waals surface area contributed by atoms with Crippen molar-refractivity contribution in [3.63, 3.8) is 0 Å². The minimum atomic E-state index is -0.906. The Labute approximate surface area is 121 Å². The molecule has 2 N–H and O–H groups in total. The number of fused-ring (bicyclic) bond motifs is 1. The van der Waals surface area contributed by atoms with E-state index < -0.39 is 5.97 Å². The molecule has 106 valence electrons. The maximum absolute atomic E-state index is 11.0. The summed E-state index contributed by atoms with van der Waals surface area (Å²) in [6.07, 6.45) is 1.71. The van der Waals surface area contributed by atoms with Crippen LogP contribution in [0.1, 0.15) is 11.1 Å². The normalized spacial score (nSPS) is 10.9. The molecule has 3 rings (SSSR count). The van der Waals surface area contributed by atoms with Crippen LogP contribution in [0.3, 0.4) is 0 Å². The third-order valence-corrected chi connectivity index (χ3v) is 3.50. The highest BCUT2D eigenvalue weighted by molar-refractivity contribution is 5.92. The first-order valence-corrected chi connectivity index (χ1v) is 6.70. The van der Waals surface area contributed by atoms with Crippen LogP contribution < -0.4 is 0 Å². The molecule has 0 aliphatic rings. The third kappa shape index (κ3) is 2.60. The number of aliphatic carboxylic acids is 1. The highest BCUT2D eigenvalue weighted by Gasteiger charge is 2.14. The quantitative estimate of drug-likeness (QED) is 0.772. The number of carboxylic acids is 1. The van der Waals surface area contributed by atoms with Crippen LogP contribution in [0.4, 0.5) is 0 Å². The minimum Gasteiger partial charge on any atom is -0.507 e. The molecule has 0 amide bonds. The molecule has 21 heavy (non-hydrogen) atoms. The van der Waals surface area contributed by atoms with Crippen LogP contribution in [0.5, 0.6) is 5.75 Å². The Morgan fingerprint density at radius 2 is 1.81 bits per heavy atom. The van der Waals surface area contributed by atoms with Crippen molar-refractivity contribution in [3.05, 3.63) is 65.9 Å². The number of carbonyl (C=O) groups is 1. The lowest BCUT2D eigenvalue weighted by Gasteiger charge is -2.05. The van der Waals surface area contributed by atoms with E-state index in [1.165, 1.54) is 0 Å². The van der Waals surface area contributed by atoms with Gasteiger partial charge in [-0.15, -0.1) is 0 Å². The Morgan fingerprint density at radius 1 is 1.05 bits per heavy atom. The van der Waals surface area contributed by atoms with Crippen molar-refractivity contribution in [2.45, 2.75) is 13.0 Å². The van der Waals surface area contributed by atoms with Gasteiger partial charge in [-0.1, -0.05) is 36.4 Å². The molecule has 0 aliphatic heterocycles. The number of hydrogen-bond acceptors (Lipinski definition) is 2. The van der Waals surface area contributed by atoms with E-state index in [2.05, 4.69) is 0 Å². The van der Waals surface area contributed by atoms with Crippen LogP contribution in [-0.2, 0) is 17.8 Å². The maximum Gasteiger partial charge on any atom is 0.307 e. The smallest absolute Gasteiger partial charge is 0.307 e. The van der Waals surface area contributed by atoms with Gasteiger partial charge in [0, 0.05) is 18.1 Å². The van der Waals surface area contributed by atoms with Gasteiger partial charge in [0.25, 0.3) is 0 Å². The fourth-order valence-corrected chi connectivity index (χ4v) is 2.63. The van der Waals surface area contributed by atoms with Gasteiger partial charge >= 0.3 is 5.97 Å². The predicted molar refractivity (Wildman–Crippen MR) is 80.5 cm³/mol. The van der Waals surface area contributed by atoms with Gasteiger partial charge in [-0.25, -0.2) is 0 Å². The van der Waals surface area contributed by atoms with Gasteiger partial charge in [-0.05, 0) is 23.3 Å². The number of phenols is 1. The molecule has 0 saturated carbocycles. The summed E-state index contributed by atoms with van der Waals surface area (Å²) in [6, 6.07) is 15.2. The molecule has 3 aromatic rings. The molecule has 1 heterocycles. The van der Waals surface area contributed by atoms with E-state index in [-0.39, 0.29) is 12.2 Å². The number of benzene rings is 2. The van der Waals surface area contributed by atoms with Crippen LogP contribution >= 0.6 is 0 Å². The summed E-state index contributed by atoms with van der Waals surface area (Å²) >= 11 is 0. The van der Waals surface area contributed by atoms with E-state index in [0.717, 1.165) is 11.1 Å². The predicted octanol–water partition coefficient (Wildman–Crippen LogP) is 3.02. The van der Waals surface area contributed by atoms with Crippen molar-refractivity contribution in [3.8, 4) is 5.75 Å². The Kier molecular flexibility index (Phi) is 3.36. The summed E-state index contributed by atoms with van der Waals surface area (Å²) in [5.41, 5.74) is 2.60. The Bertz CT molecular complexity index is 790. The third-order valence-electron chi connectivity index (χ3n) is 3.50. The maximum atomic E-state index is 11.0. The van der Waals surface area contributed by atoms with Crippen molar-refractivity contribution in [2.24, 2.45) is 0 Å². The number of aromatic hydroxyl groups is 1. The van der Waals surface area contributed by atoms with E-state index in [9.17, 15) is 9.90 Å². The molecule has 0 aliphatic carbocycles. The number of hydrogen-bond donors (Lipinski definition) is 2. The van der Waals surface area contributed by atoms with Gasteiger partial charge in [-0.3, -0.25) is 4.79 Å². The summed E-state index contributed by atoms with van der Waals surface area (Å²) in [5, 5.41) is 19.7. The zero-order valence-corrected chi connectivity index (χ0v) is 11.4. The van der Waals surface area contributed by atoms with Crippen molar-refractivity contribution >= 4 is 16.9 Å². The number of nitrogens with zero attached hydrogens (tertiary/aromatic N) is 1. The van der Waals surface area contributed by atoms with E-state index in [0.29, 0.717) is 17.5 Å². The van der Waals surface area contributed by atoms with E-state index >= 15 is 0 Å². The largest absolute Gasteiger partial charge is 0.507 e. The molecule has 2 aromatic carbocycles. The summed E-state index contributed by atoms with van der Waals surface area (Å²) in [6.45, 7) is 0.639. The summed E-state index contributed by atoms with van der Waals surface area (Å²) in [5.74, 6) is -0.785. The van der Waals surface area contributed by atoms with Crippen LogP contribution in [0.2, 0.25) is 0 Å². The number of rotatable bonds is 4. The van der Waals surface area contributed by atoms with Gasteiger partial charge in [0.2, 0.25) is 0 Å². The zero-order chi connectivity index (χ0) is 14.8. The van der Waals surface area contributed by atoms with Gasteiger partial charge < -0.3 is 14.8 Å². The van der Waals surface area contributed by atoms with Crippen molar-refractivity contribution in [2.75, 3.05) is 0 Å². The minimum absolute atomic E-state index is 0.101. The fourth-order valence-electron chi connectivity index (χ4n) is 2.63. The highest BCUT2D eigenvalue weighted by Crippen LogP contribution is 2.30. The standard InChI is InChI=1S/C17H15NO3/c19-15-8-4-7-14-17(15)13(9-16(20)21)11-18(14)10-12-5-2-1-3-6-12/h1-8,11,19H,9-10H2,(H,20,21). The van der Waals surface area contributed by atoms with E-state index in [1.807, 2.05) is 47.2 Å². The molecular formula is C17H15NO3. The summed E-state index contributed by atoms with van der Waals surface area (Å²) in [4.78, 5) is 11.0. The highest BCUT2D eigenvalue weighted by atomic mass is 16.4. The molecule has 0 saturated heterocycles. The van der Waals surface area contributed by atoms with Crippen LogP contribution in [0.25, 0.3) is 10.9 Å². The van der Waals surface area contributed by atoms with Crippen LogP contribution in [-0.4, -0.2) is 20.7 Å². The first-order chi connectivity index (χ1) is 10.1. The lowest BCUT2D eigenvalue weighted by atomic mass is 10.1. The second-order valence-electron chi connectivity index (χ2n) is 5.01. The fraction of sp³-hybridized carbons (Fsp3) is 0.118. The van der Waals surface area contributed by atoms with Crippen molar-refractivity contribution in [1.29, 1.82) is 0 Å². The molecule has 0 spiro atoms. The van der Waals surface area contributed by atoms with Gasteiger partial charge in [0.15, 0.2) is 0 Å². The Balaban J connectivity index is 2.10. The van der Waals surface area contributed by atoms with E-state index in [4.69, 9.17) is 5.11 Å². The average molecular weight is 281 g/mol. The van der Waals surface area contributed by atoms with Gasteiger partial charge in [0.1, 0.15) is 5.75 Å². The topological polar surface area (TPSA) is 62.5 Å². The van der Waals surface area contributed by atoms with Crippen molar-refractivity contribution in [1.82, 2.24) is 4.57 Å². The monoisotopic (exact) mass is 281 g/mol. The second-order valence-corrected chi connectivity index (χ2v) is 5.01. The van der Waals surface area contributed by atoms with Gasteiger partial charge in [0.05, 0.1) is 11.9 Å². The molecule has 4 nitrogen and oxygen atoms in total. The van der Waals surface area contributed by atoms with Crippen LogP contribution in [0.15, 0.2) is 54.7 Å². The second kappa shape index (κ2) is 5.32. The lowest BCUT2D eigenvalue weighted by Crippen LogP contribution is -2.00. The molecule has 0 radical (unpaired) electrons. The first kappa shape index (κ1) is 13.2. The molecule has 0 fully saturated rings. The number of aromatic nitrogens is 1. The Morgan fingerprint density at radius 3 is 2.52 bits per heavy atom. The van der Waals surface area contributed by atoms with Gasteiger partial charge in [-0.2, -0.15) is 0 Å². The first-order valence-electron chi connectivity index (χ1n) is 6.70. The molecule has 4 heteroatoms. The average Bonchev–Trinajstić information content (AvgIpc) is 2.78. The SMILES string of the molecule is O=C(O)Cc1cn(Cc2ccccc2)c2cccc(O)c12. The summed E-state index contributed by atoms with van der Waals surface area (Å²) < 4.78 is 1.97. The van der Waals surface area contributed by atoms with Crippen molar-refractivity contribution < 1.29 is 15.0 Å². The lowest BCUT2D eigenvalue weighted by molar-refractivity contribution is -0.136. The molecule has 0 unspecified atom stereocenters. The molecular weight excluding hydrogens is 266 g/mol. The zero-order valence-electron chi connectivity index (χ0n) is 11.4. The molecule has 0 atom stereocenters. The molecule has 1 aromatic heterocycles. The van der Waals surface area contributed by atoms with E-state index in [1.54, 1.807) is 12.1 Å². The molecule has 0 bridgehead atoms. The Hall–Kier alpha value is -2.75. The summed E-state index contributed by atoms with van der Waals surface area (Å²) in [7, 11) is 0. The van der Waals surface area contributed by atoms with Crippen LogP contribution in [0, 0.1) is 0 Å². The number of carboxylic acid groups (broad SMARTS) is 1.